The molecule has 3 saturated carbocycles. The quantitative estimate of drug-likeness (QED) is 0.139. The van der Waals surface area contributed by atoms with E-state index in [0.29, 0.717) is 57.5 Å². The van der Waals surface area contributed by atoms with E-state index in [1.54, 1.807) is 0 Å². The average molecular weight is 887 g/mol. The highest BCUT2D eigenvalue weighted by molar-refractivity contribution is 5.33. The van der Waals surface area contributed by atoms with Gasteiger partial charge in [-0.25, -0.2) is 0 Å². The maximum absolute atomic E-state index is 13.0. The molecule has 2 unspecified atom stereocenters. The summed E-state index contributed by atoms with van der Waals surface area (Å²) < 4.78 is 49.6. The highest BCUT2D eigenvalue weighted by Gasteiger charge is 2.81. The summed E-state index contributed by atoms with van der Waals surface area (Å²) in [4.78, 5) is 0. The van der Waals surface area contributed by atoms with Crippen molar-refractivity contribution in [1.29, 1.82) is 0 Å². The largest absolute Gasteiger partial charge is 0.394 e. The Morgan fingerprint density at radius 3 is 2.16 bits per heavy atom. The molecule has 62 heavy (non-hydrogen) atoms. The van der Waals surface area contributed by atoms with E-state index in [1.165, 1.54) is 6.92 Å². The molecule has 0 radical (unpaired) electrons. The van der Waals surface area contributed by atoms with Crippen molar-refractivity contribution >= 4 is 0 Å². The van der Waals surface area contributed by atoms with Crippen LogP contribution in [-0.4, -0.2) is 186 Å². The number of allylic oxidation sites excluding steroid dienone is 1. The monoisotopic (exact) mass is 886 g/mol. The number of ether oxygens (including phenoxy) is 8. The Labute approximate surface area is 362 Å². The fourth-order valence-electron chi connectivity index (χ4n) is 13.6. The maximum Gasteiger partial charge on any atom is 0.187 e. The number of aliphatic hydroxyl groups is 10. The van der Waals surface area contributed by atoms with Crippen LogP contribution in [-0.2, 0) is 37.9 Å². The fraction of sp³-hybridized carbons (Fsp3) is 0.955. The van der Waals surface area contributed by atoms with E-state index in [0.717, 1.165) is 18.4 Å². The van der Waals surface area contributed by atoms with Crippen LogP contribution in [0, 0.1) is 34.5 Å². The Bertz CT molecular complexity index is 1660. The molecule has 9 rings (SSSR count). The number of hydrogen-bond donors (Lipinski definition) is 10. The molecule has 0 bridgehead atoms. The summed E-state index contributed by atoms with van der Waals surface area (Å²) in [5, 5.41) is 111. The molecule has 0 aromatic rings. The zero-order valence-electron chi connectivity index (χ0n) is 36.3. The van der Waals surface area contributed by atoms with Crippen LogP contribution in [0.2, 0.25) is 0 Å². The smallest absolute Gasteiger partial charge is 0.187 e. The van der Waals surface area contributed by atoms with Crippen molar-refractivity contribution in [2.24, 2.45) is 34.5 Å². The summed E-state index contributed by atoms with van der Waals surface area (Å²) in [5.41, 5.74) is -2.40. The lowest BCUT2D eigenvalue weighted by Gasteiger charge is -2.63. The van der Waals surface area contributed by atoms with Crippen LogP contribution in [0.15, 0.2) is 11.6 Å². The third-order valence-electron chi connectivity index (χ3n) is 17.7. The summed E-state index contributed by atoms with van der Waals surface area (Å²) >= 11 is 0. The Hall–Kier alpha value is -0.980. The molecular weight excluding hydrogens is 816 g/mol. The Morgan fingerprint density at radius 1 is 0.726 bits per heavy atom. The number of hydrogen-bond acceptors (Lipinski definition) is 18. The van der Waals surface area contributed by atoms with Crippen LogP contribution in [0.4, 0.5) is 0 Å². The molecule has 18 heteroatoms. The van der Waals surface area contributed by atoms with Gasteiger partial charge in [0.2, 0.25) is 0 Å². The first-order valence-corrected chi connectivity index (χ1v) is 22.9. The predicted octanol–water partition coefficient (Wildman–Crippen LogP) is -0.917. The topological polar surface area (TPSA) is 276 Å². The molecule has 1 spiro atoms. The van der Waals surface area contributed by atoms with Crippen LogP contribution in [0.25, 0.3) is 0 Å². The van der Waals surface area contributed by atoms with E-state index in [1.807, 2.05) is 6.92 Å². The molecular formula is C44H70O18. The average Bonchev–Trinajstić information content (AvgIpc) is 3.56. The van der Waals surface area contributed by atoms with Gasteiger partial charge in [0.05, 0.1) is 43.7 Å². The molecule has 5 aliphatic heterocycles. The second-order valence-corrected chi connectivity index (χ2v) is 20.9. The third kappa shape index (κ3) is 6.79. The van der Waals surface area contributed by atoms with Crippen molar-refractivity contribution in [3.05, 3.63) is 11.6 Å². The van der Waals surface area contributed by atoms with Crippen LogP contribution >= 0.6 is 0 Å². The maximum atomic E-state index is 13.0. The minimum absolute atomic E-state index is 0.109. The molecule has 9 aliphatic rings. The van der Waals surface area contributed by atoms with E-state index in [-0.39, 0.29) is 23.2 Å². The molecule has 5 heterocycles. The Morgan fingerprint density at radius 2 is 1.45 bits per heavy atom. The van der Waals surface area contributed by atoms with E-state index >= 15 is 0 Å². The molecule has 0 amide bonds. The summed E-state index contributed by atoms with van der Waals surface area (Å²) in [6.45, 7) is 9.48. The molecule has 5 saturated heterocycles. The van der Waals surface area contributed by atoms with Gasteiger partial charge >= 0.3 is 0 Å². The Kier molecular flexibility index (Phi) is 12.2. The molecule has 0 aromatic heterocycles. The third-order valence-corrected chi connectivity index (χ3v) is 17.7. The molecule has 0 aromatic carbocycles. The molecule has 8 fully saturated rings. The zero-order valence-corrected chi connectivity index (χ0v) is 36.3. The van der Waals surface area contributed by atoms with Crippen molar-refractivity contribution in [3.8, 4) is 0 Å². The second kappa shape index (κ2) is 16.4. The lowest BCUT2D eigenvalue weighted by Crippen LogP contribution is -2.67. The highest BCUT2D eigenvalue weighted by atomic mass is 16.8. The van der Waals surface area contributed by atoms with Crippen LogP contribution in [0.5, 0.6) is 0 Å². The van der Waals surface area contributed by atoms with Gasteiger partial charge < -0.3 is 89.0 Å². The predicted molar refractivity (Wildman–Crippen MR) is 211 cm³/mol. The first kappa shape index (κ1) is 46.1. The fourth-order valence-corrected chi connectivity index (χ4v) is 13.6. The minimum atomic E-state index is -1.76. The molecule has 4 aliphatic carbocycles. The van der Waals surface area contributed by atoms with Gasteiger partial charge in [-0.1, -0.05) is 39.3 Å². The summed E-state index contributed by atoms with van der Waals surface area (Å²) in [7, 11) is 0. The van der Waals surface area contributed by atoms with Gasteiger partial charge in [0, 0.05) is 24.2 Å². The van der Waals surface area contributed by atoms with Crippen LogP contribution in [0.1, 0.15) is 92.4 Å². The van der Waals surface area contributed by atoms with Crippen molar-refractivity contribution in [2.45, 2.75) is 208 Å². The lowest BCUT2D eigenvalue weighted by atomic mass is 9.44. The summed E-state index contributed by atoms with van der Waals surface area (Å²) in [6.07, 6.45) is -14.2. The van der Waals surface area contributed by atoms with E-state index in [9.17, 15) is 51.1 Å². The second-order valence-electron chi connectivity index (χ2n) is 20.9. The SMILES string of the molecule is C[C@@H]1CCC2(OC1)O[C@H]1C[C@@]3(O)[C@@H]4CC=C5C[C@@H](O[C@@H]6O[C@H](CO)[C@@H](O)[C@H](O[C@@H]7OC[C@@H](O)[C@H](O)[C@H]7O)[C@H]6O[C@@H]6O[C@@H](C)[C@H](O)[C@@H](O)[C@H]6O)CC[C@]5(C)C4CC[C@]3(C)[C@@]1(O)[C@@H]2C. The van der Waals surface area contributed by atoms with Crippen molar-refractivity contribution in [2.75, 3.05) is 19.8 Å². The van der Waals surface area contributed by atoms with Crippen LogP contribution < -0.4 is 0 Å². The Balaban J connectivity index is 0.954. The standard InChI is InChI=1S/C44H70O18/c1-19-8-13-43(56-17-19)21(3)44(54)28(62-43)15-42(53)25-7-6-22-14-23(9-11-40(22,4)24(25)10-12-41(42,44)5)58-39-36(61-38-34(52)32(50)29(47)20(2)57-38)35(31(49)27(16-45)59-39)60-37-33(51)30(48)26(46)18-55-37/h6,19-21,23-39,45-54H,7-18H2,1-5H3/t19-,20+,21-,23+,24?,25-,26-,27-,28+,29+,30+,31-,32-,33-,34-,35+,36-,37+,38+,39-,40+,41+,42-,43?,44-/m1/s1. The molecule has 25 atom stereocenters. The number of fused-ring (bicyclic) bond motifs is 7. The van der Waals surface area contributed by atoms with Crippen LogP contribution in [0.3, 0.4) is 0 Å². The minimum Gasteiger partial charge on any atom is -0.394 e. The number of aliphatic hydroxyl groups excluding tert-OH is 8. The van der Waals surface area contributed by atoms with Crippen molar-refractivity contribution in [3.63, 3.8) is 0 Å². The van der Waals surface area contributed by atoms with Crippen molar-refractivity contribution in [1.82, 2.24) is 0 Å². The van der Waals surface area contributed by atoms with Gasteiger partial charge in [0.25, 0.3) is 0 Å². The lowest BCUT2D eigenvalue weighted by molar-refractivity contribution is -0.390. The normalized spacial score (nSPS) is 58.9. The number of rotatable bonds is 7. The summed E-state index contributed by atoms with van der Waals surface area (Å²) in [6, 6.07) is 0. The van der Waals surface area contributed by atoms with Crippen molar-refractivity contribution < 1.29 is 89.0 Å². The molecule has 18 nitrogen and oxygen atoms in total. The summed E-state index contributed by atoms with van der Waals surface area (Å²) in [5.74, 6) is -0.768. The van der Waals surface area contributed by atoms with Gasteiger partial charge in [-0.15, -0.1) is 0 Å². The van der Waals surface area contributed by atoms with Gasteiger partial charge in [-0.05, 0) is 75.0 Å². The first-order valence-electron chi connectivity index (χ1n) is 22.9. The van der Waals surface area contributed by atoms with Gasteiger partial charge in [-0.2, -0.15) is 0 Å². The van der Waals surface area contributed by atoms with Gasteiger partial charge in [0.1, 0.15) is 66.6 Å². The zero-order chi connectivity index (χ0) is 44.5. The molecule has 354 valence electrons. The highest BCUT2D eigenvalue weighted by Crippen LogP contribution is 2.73. The van der Waals surface area contributed by atoms with E-state index in [4.69, 9.17) is 37.9 Å². The van der Waals surface area contributed by atoms with E-state index in [2.05, 4.69) is 26.8 Å². The van der Waals surface area contributed by atoms with E-state index < -0.39 is 134 Å². The molecule has 10 N–H and O–H groups in total. The van der Waals surface area contributed by atoms with Gasteiger partial charge in [-0.3, -0.25) is 0 Å². The first-order chi connectivity index (χ1) is 29.2. The van der Waals surface area contributed by atoms with Gasteiger partial charge in [0.15, 0.2) is 24.7 Å².